The lowest BCUT2D eigenvalue weighted by molar-refractivity contribution is -0.137. The Morgan fingerprint density at radius 1 is 0.955 bits per heavy atom. The van der Waals surface area contributed by atoms with Gasteiger partial charge >= 0.3 is 6.18 Å². The van der Waals surface area contributed by atoms with Crippen LogP contribution in [0.1, 0.15) is 40.4 Å². The van der Waals surface area contributed by atoms with Crippen molar-refractivity contribution in [2.45, 2.75) is 37.8 Å². The number of hydrogen-bond acceptors (Lipinski definition) is 5. The normalized spacial score (nSPS) is 16.6. The number of carbonyl (C=O) groups excluding carboxylic acids is 1. The first-order valence-electron chi connectivity index (χ1n) is 13.8. The second kappa shape index (κ2) is 12.3. The van der Waals surface area contributed by atoms with E-state index >= 15 is 0 Å². The third-order valence-electron chi connectivity index (χ3n) is 7.32. The minimum atomic E-state index is -4.42. The van der Waals surface area contributed by atoms with Gasteiger partial charge in [0.15, 0.2) is 0 Å². The van der Waals surface area contributed by atoms with Gasteiger partial charge in [0.1, 0.15) is 11.5 Å². The fourth-order valence-electron chi connectivity index (χ4n) is 5.14. The van der Waals surface area contributed by atoms with Crippen LogP contribution in [0.3, 0.4) is 0 Å². The molecule has 1 aliphatic rings. The van der Waals surface area contributed by atoms with Gasteiger partial charge in [-0.15, -0.1) is 0 Å². The lowest BCUT2D eigenvalue weighted by Crippen LogP contribution is -2.31. The van der Waals surface area contributed by atoms with Crippen LogP contribution < -0.4 is 15.6 Å². The predicted molar refractivity (Wildman–Crippen MR) is 163 cm³/mol. The van der Waals surface area contributed by atoms with Crippen LogP contribution in [-0.4, -0.2) is 21.6 Å². The van der Waals surface area contributed by atoms with Crippen LogP contribution in [0.15, 0.2) is 106 Å². The molecule has 2 heterocycles. The van der Waals surface area contributed by atoms with Crippen molar-refractivity contribution in [1.82, 2.24) is 9.55 Å². The van der Waals surface area contributed by atoms with Gasteiger partial charge < -0.3 is 9.47 Å². The molecule has 0 spiro atoms. The molecule has 7 nitrogen and oxygen atoms in total. The number of amides is 1. The fourth-order valence-corrected chi connectivity index (χ4v) is 5.49. The summed E-state index contributed by atoms with van der Waals surface area (Å²) in [5.74, 6) is 0.464. The molecule has 0 radical (unpaired) electrons. The highest BCUT2D eigenvalue weighted by atomic mass is 79.9. The highest BCUT2D eigenvalue weighted by Crippen LogP contribution is 2.36. The molecule has 5 aromatic rings. The number of aromatic nitrogens is 2. The Labute approximate surface area is 258 Å². The molecule has 2 unspecified atom stereocenters. The number of fused-ring (bicyclic) bond motifs is 1. The number of nitrogens with zero attached hydrogens (tertiary/aromatic N) is 2. The van der Waals surface area contributed by atoms with E-state index in [0.717, 1.165) is 22.2 Å². The van der Waals surface area contributed by atoms with Gasteiger partial charge in [0, 0.05) is 10.0 Å². The van der Waals surface area contributed by atoms with Crippen molar-refractivity contribution in [2.24, 2.45) is 0 Å². The first-order chi connectivity index (χ1) is 21.1. The minimum absolute atomic E-state index is 0.119. The summed E-state index contributed by atoms with van der Waals surface area (Å²) in [5.41, 5.74) is 0.658. The SMILES string of the molecule is O=C(Nc1nc2cc(Br)ccc2c(=O)n1CC1CCC(c2cccc(Oc3ccc(C(F)(F)F)cc3)c2)O1)c1ccccc1. The lowest BCUT2D eigenvalue weighted by atomic mass is 10.1. The molecular weight excluding hydrogens is 639 g/mol. The van der Waals surface area contributed by atoms with Crippen molar-refractivity contribution < 1.29 is 27.4 Å². The Hall–Kier alpha value is -4.48. The zero-order valence-corrected chi connectivity index (χ0v) is 24.6. The summed E-state index contributed by atoms with van der Waals surface area (Å²) < 4.78 is 53.0. The van der Waals surface area contributed by atoms with Gasteiger partial charge in [0.05, 0.1) is 35.2 Å². The summed E-state index contributed by atoms with van der Waals surface area (Å²) in [5, 5.41) is 3.21. The number of ether oxygens (including phenoxy) is 2. The summed E-state index contributed by atoms with van der Waals surface area (Å²) >= 11 is 3.41. The van der Waals surface area contributed by atoms with Gasteiger partial charge in [0.25, 0.3) is 11.5 Å². The van der Waals surface area contributed by atoms with E-state index in [2.05, 4.69) is 26.2 Å². The van der Waals surface area contributed by atoms with Gasteiger partial charge in [0.2, 0.25) is 5.95 Å². The zero-order chi connectivity index (χ0) is 30.8. The maximum absolute atomic E-state index is 13.6. The summed E-state index contributed by atoms with van der Waals surface area (Å²) in [6, 6.07) is 25.5. The van der Waals surface area contributed by atoms with Gasteiger partial charge in [-0.1, -0.05) is 46.3 Å². The minimum Gasteiger partial charge on any atom is -0.457 e. The van der Waals surface area contributed by atoms with Crippen LogP contribution in [0.2, 0.25) is 0 Å². The van der Waals surface area contributed by atoms with Gasteiger partial charge in [-0.3, -0.25) is 19.5 Å². The van der Waals surface area contributed by atoms with Crippen molar-refractivity contribution in [3.8, 4) is 11.5 Å². The molecular formula is C33H25BrF3N3O4. The lowest BCUT2D eigenvalue weighted by Gasteiger charge is -2.19. The third-order valence-corrected chi connectivity index (χ3v) is 7.81. The van der Waals surface area contributed by atoms with E-state index in [0.29, 0.717) is 35.1 Å². The number of carbonyl (C=O) groups is 1. The number of halogens is 4. The first kappa shape index (κ1) is 29.6. The Kier molecular flexibility index (Phi) is 8.24. The molecule has 1 aliphatic heterocycles. The molecule has 11 heteroatoms. The Bertz CT molecular complexity index is 1880. The molecule has 0 bridgehead atoms. The molecule has 0 aliphatic carbocycles. The standard InChI is InChI=1S/C33H25BrF3N3O4/c34-23-11-15-27-28(18-23)38-32(39-30(41)20-5-2-1-3-6-20)40(31(27)42)19-26-14-16-29(44-26)21-7-4-8-25(17-21)43-24-12-9-22(10-13-24)33(35,36)37/h1-13,15,17-18,26,29H,14,16,19H2,(H,38,39,41). The molecule has 1 N–H and O–H groups in total. The fraction of sp³-hybridized carbons (Fsp3) is 0.182. The molecule has 224 valence electrons. The van der Waals surface area contributed by atoms with Gasteiger partial charge in [-0.2, -0.15) is 13.2 Å². The topological polar surface area (TPSA) is 82.5 Å². The molecule has 44 heavy (non-hydrogen) atoms. The van der Waals surface area contributed by atoms with Crippen LogP contribution in [-0.2, 0) is 17.5 Å². The molecule has 1 saturated heterocycles. The maximum Gasteiger partial charge on any atom is 0.416 e. The van der Waals surface area contributed by atoms with Gasteiger partial charge in [-0.25, -0.2) is 4.98 Å². The van der Waals surface area contributed by atoms with E-state index < -0.39 is 17.6 Å². The highest BCUT2D eigenvalue weighted by Gasteiger charge is 2.31. The monoisotopic (exact) mass is 663 g/mol. The van der Waals surface area contributed by atoms with Crippen LogP contribution in [0.5, 0.6) is 11.5 Å². The van der Waals surface area contributed by atoms with E-state index in [9.17, 15) is 22.8 Å². The number of hydrogen-bond donors (Lipinski definition) is 1. The first-order valence-corrected chi connectivity index (χ1v) is 14.6. The van der Waals surface area contributed by atoms with Crippen LogP contribution in [0.4, 0.5) is 19.1 Å². The van der Waals surface area contributed by atoms with E-state index in [4.69, 9.17) is 9.47 Å². The number of alkyl halides is 3. The molecule has 6 rings (SSSR count). The average molecular weight is 664 g/mol. The predicted octanol–water partition coefficient (Wildman–Crippen LogP) is 8.14. The zero-order valence-electron chi connectivity index (χ0n) is 23.1. The summed E-state index contributed by atoms with van der Waals surface area (Å²) in [7, 11) is 0. The van der Waals surface area contributed by atoms with E-state index in [1.807, 2.05) is 12.1 Å². The van der Waals surface area contributed by atoms with Crippen molar-refractivity contribution in [1.29, 1.82) is 0 Å². The van der Waals surface area contributed by atoms with Crippen LogP contribution in [0.25, 0.3) is 10.9 Å². The molecule has 2 atom stereocenters. The Balaban J connectivity index is 1.21. The smallest absolute Gasteiger partial charge is 0.416 e. The van der Waals surface area contributed by atoms with Crippen molar-refractivity contribution in [2.75, 3.05) is 5.32 Å². The largest absolute Gasteiger partial charge is 0.457 e. The van der Waals surface area contributed by atoms with Crippen LogP contribution >= 0.6 is 15.9 Å². The second-order valence-corrected chi connectivity index (χ2v) is 11.3. The Morgan fingerprint density at radius 3 is 2.48 bits per heavy atom. The molecule has 4 aromatic carbocycles. The summed E-state index contributed by atoms with van der Waals surface area (Å²) in [4.78, 5) is 31.3. The number of rotatable bonds is 7. The molecule has 0 saturated carbocycles. The third kappa shape index (κ3) is 6.53. The molecule has 1 aromatic heterocycles. The van der Waals surface area contributed by atoms with Gasteiger partial charge in [-0.05, 0) is 85.1 Å². The van der Waals surface area contributed by atoms with E-state index in [1.54, 1.807) is 60.7 Å². The summed E-state index contributed by atoms with van der Waals surface area (Å²) in [6.45, 7) is 0.167. The van der Waals surface area contributed by atoms with E-state index in [-0.39, 0.29) is 36.0 Å². The van der Waals surface area contributed by atoms with Crippen molar-refractivity contribution in [3.63, 3.8) is 0 Å². The van der Waals surface area contributed by atoms with Crippen molar-refractivity contribution in [3.05, 3.63) is 129 Å². The Morgan fingerprint density at radius 2 is 1.73 bits per heavy atom. The summed E-state index contributed by atoms with van der Waals surface area (Å²) in [6.07, 6.45) is -3.75. The highest BCUT2D eigenvalue weighted by molar-refractivity contribution is 9.10. The molecule has 1 fully saturated rings. The van der Waals surface area contributed by atoms with Crippen molar-refractivity contribution >= 4 is 38.7 Å². The number of anilines is 1. The van der Waals surface area contributed by atoms with Crippen LogP contribution in [0, 0.1) is 0 Å². The molecule has 1 amide bonds. The second-order valence-electron chi connectivity index (χ2n) is 10.4. The average Bonchev–Trinajstić information content (AvgIpc) is 3.48. The maximum atomic E-state index is 13.6. The quantitative estimate of drug-likeness (QED) is 0.190. The number of nitrogens with one attached hydrogen (secondary N) is 1. The van der Waals surface area contributed by atoms with E-state index in [1.165, 1.54) is 16.7 Å². The number of benzene rings is 4.